The van der Waals surface area contributed by atoms with Crippen molar-refractivity contribution in [3.05, 3.63) is 64.7 Å². The second-order valence-electron chi connectivity index (χ2n) is 4.49. The molecule has 0 aliphatic heterocycles. The van der Waals surface area contributed by atoms with Gasteiger partial charge in [-0.2, -0.15) is 0 Å². The lowest BCUT2D eigenvalue weighted by Crippen LogP contribution is -2.18. The molecule has 2 atom stereocenters. The second kappa shape index (κ2) is 6.33. The molecule has 4 heteroatoms. The third-order valence-corrected chi connectivity index (χ3v) is 4.57. The van der Waals surface area contributed by atoms with Crippen LogP contribution >= 0.6 is 11.6 Å². The van der Waals surface area contributed by atoms with Crippen LogP contribution in [-0.4, -0.2) is 9.96 Å². The number of aryl methyl sites for hydroxylation is 1. The monoisotopic (exact) mass is 293 g/mol. The third-order valence-electron chi connectivity index (χ3n) is 2.90. The fraction of sp³-hybridized carbons (Fsp3) is 0.200. The first-order valence-corrected chi connectivity index (χ1v) is 7.72. The molecule has 0 radical (unpaired) electrons. The highest BCUT2D eigenvalue weighted by Gasteiger charge is 2.12. The molecule has 19 heavy (non-hydrogen) atoms. The highest BCUT2D eigenvalue weighted by molar-refractivity contribution is 7.85. The molecule has 2 aromatic carbocycles. The lowest BCUT2D eigenvalue weighted by atomic mass is 10.1. The average molecular weight is 294 g/mol. The summed E-state index contributed by atoms with van der Waals surface area (Å²) in [6.07, 6.45) is 0. The maximum Gasteiger partial charge on any atom is 0.0549 e. The Morgan fingerprint density at radius 1 is 1.21 bits per heavy atom. The number of nitrogens with two attached hydrogens (primary N) is 1. The second-order valence-corrected chi connectivity index (χ2v) is 6.42. The maximum atomic E-state index is 12.2. The zero-order chi connectivity index (χ0) is 13.8. The molecule has 0 bridgehead atoms. The molecule has 2 aromatic rings. The van der Waals surface area contributed by atoms with Gasteiger partial charge in [-0.05, 0) is 30.7 Å². The topological polar surface area (TPSA) is 43.1 Å². The fourth-order valence-electron chi connectivity index (χ4n) is 1.78. The van der Waals surface area contributed by atoms with Crippen LogP contribution in [-0.2, 0) is 10.8 Å². The largest absolute Gasteiger partial charge is 0.323 e. The lowest BCUT2D eigenvalue weighted by molar-refractivity contribution is 0.675. The summed E-state index contributed by atoms with van der Waals surface area (Å²) in [5.74, 6) is 0.392. The Morgan fingerprint density at radius 2 is 1.89 bits per heavy atom. The van der Waals surface area contributed by atoms with Gasteiger partial charge in [0.15, 0.2) is 0 Å². The highest BCUT2D eigenvalue weighted by Crippen LogP contribution is 2.18. The number of benzene rings is 2. The lowest BCUT2D eigenvalue weighted by Gasteiger charge is -2.12. The van der Waals surface area contributed by atoms with Crippen LogP contribution in [0.4, 0.5) is 0 Å². The molecule has 0 aliphatic rings. The van der Waals surface area contributed by atoms with Gasteiger partial charge in [0.2, 0.25) is 0 Å². The standard InChI is InChI=1S/C15H16ClNOS/c1-11-5-7-12(8-6-11)15(17)10-19(18)14-4-2-3-13(16)9-14/h2-9,15H,10,17H2,1H3. The van der Waals surface area contributed by atoms with Gasteiger partial charge in [-0.1, -0.05) is 47.5 Å². The Bertz CT molecular complexity index is 583. The van der Waals surface area contributed by atoms with Crippen molar-refractivity contribution >= 4 is 22.4 Å². The van der Waals surface area contributed by atoms with E-state index >= 15 is 0 Å². The highest BCUT2D eigenvalue weighted by atomic mass is 35.5. The van der Waals surface area contributed by atoms with Gasteiger partial charge >= 0.3 is 0 Å². The van der Waals surface area contributed by atoms with E-state index in [9.17, 15) is 4.21 Å². The van der Waals surface area contributed by atoms with E-state index in [0.717, 1.165) is 10.5 Å². The van der Waals surface area contributed by atoms with E-state index in [1.165, 1.54) is 5.56 Å². The van der Waals surface area contributed by atoms with Crippen molar-refractivity contribution in [3.63, 3.8) is 0 Å². The van der Waals surface area contributed by atoms with Crippen LogP contribution in [0.3, 0.4) is 0 Å². The molecule has 2 N–H and O–H groups in total. The number of halogens is 1. The molecule has 2 unspecified atom stereocenters. The van der Waals surface area contributed by atoms with E-state index in [2.05, 4.69) is 0 Å². The first-order chi connectivity index (χ1) is 9.06. The summed E-state index contributed by atoms with van der Waals surface area (Å²) >= 11 is 5.89. The van der Waals surface area contributed by atoms with Crippen LogP contribution < -0.4 is 5.73 Å². The zero-order valence-electron chi connectivity index (χ0n) is 10.7. The van der Waals surface area contributed by atoms with Crippen LogP contribution in [0.25, 0.3) is 0 Å². The number of hydrogen-bond acceptors (Lipinski definition) is 2. The summed E-state index contributed by atoms with van der Waals surface area (Å²) in [7, 11) is -1.14. The van der Waals surface area contributed by atoms with Gasteiger partial charge in [-0.3, -0.25) is 4.21 Å². The number of rotatable bonds is 4. The van der Waals surface area contributed by atoms with Crippen molar-refractivity contribution in [3.8, 4) is 0 Å². The molecule has 0 amide bonds. The van der Waals surface area contributed by atoms with Crippen LogP contribution in [0.15, 0.2) is 53.4 Å². The van der Waals surface area contributed by atoms with Gasteiger partial charge in [0, 0.05) is 21.7 Å². The Balaban J connectivity index is 2.08. The predicted molar refractivity (Wildman–Crippen MR) is 80.8 cm³/mol. The molecule has 0 spiro atoms. The van der Waals surface area contributed by atoms with Gasteiger partial charge < -0.3 is 5.73 Å². The van der Waals surface area contributed by atoms with Crippen LogP contribution in [0.5, 0.6) is 0 Å². The van der Waals surface area contributed by atoms with E-state index in [-0.39, 0.29) is 6.04 Å². The molecular formula is C15H16ClNOS. The van der Waals surface area contributed by atoms with E-state index in [1.807, 2.05) is 37.3 Å². The molecular weight excluding hydrogens is 278 g/mol. The number of hydrogen-bond donors (Lipinski definition) is 1. The van der Waals surface area contributed by atoms with Gasteiger partial charge in [0.05, 0.1) is 10.8 Å². The van der Waals surface area contributed by atoms with E-state index in [0.29, 0.717) is 10.8 Å². The molecule has 2 nitrogen and oxygen atoms in total. The van der Waals surface area contributed by atoms with Gasteiger partial charge in [-0.25, -0.2) is 0 Å². The third kappa shape index (κ3) is 3.90. The first-order valence-electron chi connectivity index (χ1n) is 6.02. The molecule has 0 aromatic heterocycles. The van der Waals surface area contributed by atoms with Crippen LogP contribution in [0.1, 0.15) is 17.2 Å². The summed E-state index contributed by atoms with van der Waals surface area (Å²) in [5, 5.41) is 0.592. The average Bonchev–Trinajstić information content (AvgIpc) is 2.39. The van der Waals surface area contributed by atoms with Crippen molar-refractivity contribution in [2.45, 2.75) is 17.9 Å². The molecule has 0 saturated heterocycles. The van der Waals surface area contributed by atoms with Crippen LogP contribution in [0.2, 0.25) is 5.02 Å². The minimum Gasteiger partial charge on any atom is -0.323 e. The molecule has 2 rings (SSSR count). The van der Waals surface area contributed by atoms with Crippen LogP contribution in [0, 0.1) is 6.92 Å². The van der Waals surface area contributed by atoms with Crippen molar-refractivity contribution < 1.29 is 4.21 Å². The molecule has 100 valence electrons. The summed E-state index contributed by atoms with van der Waals surface area (Å²) in [6, 6.07) is 14.8. The Kier molecular flexibility index (Phi) is 4.75. The van der Waals surface area contributed by atoms with Crippen molar-refractivity contribution in [2.24, 2.45) is 5.73 Å². The molecule has 0 aliphatic carbocycles. The van der Waals surface area contributed by atoms with E-state index < -0.39 is 10.8 Å². The Hall–Kier alpha value is -1.16. The summed E-state index contributed by atoms with van der Waals surface area (Å²) < 4.78 is 12.2. The zero-order valence-corrected chi connectivity index (χ0v) is 12.2. The smallest absolute Gasteiger partial charge is 0.0549 e. The van der Waals surface area contributed by atoms with Gasteiger partial charge in [0.1, 0.15) is 0 Å². The van der Waals surface area contributed by atoms with Gasteiger partial charge in [0.25, 0.3) is 0 Å². The summed E-state index contributed by atoms with van der Waals surface area (Å²) in [5.41, 5.74) is 8.28. The fourth-order valence-corrected chi connectivity index (χ4v) is 3.23. The van der Waals surface area contributed by atoms with Gasteiger partial charge in [-0.15, -0.1) is 0 Å². The summed E-state index contributed by atoms with van der Waals surface area (Å²) in [6.45, 7) is 2.03. The van der Waals surface area contributed by atoms with E-state index in [1.54, 1.807) is 18.2 Å². The Morgan fingerprint density at radius 3 is 2.53 bits per heavy atom. The molecule has 0 saturated carbocycles. The summed E-state index contributed by atoms with van der Waals surface area (Å²) in [4.78, 5) is 0.718. The van der Waals surface area contributed by atoms with Crippen molar-refractivity contribution in [1.29, 1.82) is 0 Å². The maximum absolute atomic E-state index is 12.2. The minimum atomic E-state index is -1.14. The molecule has 0 fully saturated rings. The first kappa shape index (κ1) is 14.3. The predicted octanol–water partition coefficient (Wildman–Crippen LogP) is 3.46. The molecule has 0 heterocycles. The SMILES string of the molecule is Cc1ccc(C(N)CS(=O)c2cccc(Cl)c2)cc1. The Labute approximate surface area is 121 Å². The van der Waals surface area contributed by atoms with Crippen molar-refractivity contribution in [1.82, 2.24) is 0 Å². The van der Waals surface area contributed by atoms with Crippen molar-refractivity contribution in [2.75, 3.05) is 5.75 Å². The van der Waals surface area contributed by atoms with E-state index in [4.69, 9.17) is 17.3 Å². The minimum absolute atomic E-state index is 0.236. The normalized spacial score (nSPS) is 14.1. The quantitative estimate of drug-likeness (QED) is 0.938.